The van der Waals surface area contributed by atoms with Crippen LogP contribution in [-0.2, 0) is 9.53 Å². The maximum Gasteiger partial charge on any atom is 0.221 e. The summed E-state index contributed by atoms with van der Waals surface area (Å²) >= 11 is 0. The van der Waals surface area contributed by atoms with Crippen molar-refractivity contribution < 1.29 is 9.53 Å². The molecule has 0 radical (unpaired) electrons. The van der Waals surface area contributed by atoms with Crippen molar-refractivity contribution in [3.05, 3.63) is 0 Å². The van der Waals surface area contributed by atoms with Gasteiger partial charge in [0, 0.05) is 39.9 Å². The molecule has 0 aromatic carbocycles. The first-order chi connectivity index (χ1) is 12.2. The summed E-state index contributed by atoms with van der Waals surface area (Å²) in [5.74, 6) is 1.54. The van der Waals surface area contributed by atoms with Gasteiger partial charge in [0.15, 0.2) is 5.96 Å². The summed E-state index contributed by atoms with van der Waals surface area (Å²) in [6, 6.07) is 0. The lowest BCUT2D eigenvalue weighted by Gasteiger charge is -2.31. The number of aliphatic imine (C=N–C) groups is 1. The van der Waals surface area contributed by atoms with Gasteiger partial charge in [-0.1, -0.05) is 0 Å². The molecular weight excluding hydrogens is 445 g/mol. The summed E-state index contributed by atoms with van der Waals surface area (Å²) in [5, 5.41) is 6.66. The van der Waals surface area contributed by atoms with E-state index in [2.05, 4.69) is 20.5 Å². The van der Waals surface area contributed by atoms with E-state index < -0.39 is 0 Å². The second-order valence-corrected chi connectivity index (χ2v) is 7.19. The Labute approximate surface area is 174 Å². The van der Waals surface area contributed by atoms with Gasteiger partial charge in [-0.05, 0) is 57.5 Å². The van der Waals surface area contributed by atoms with Gasteiger partial charge in [0.25, 0.3) is 0 Å². The fourth-order valence-corrected chi connectivity index (χ4v) is 3.14. The van der Waals surface area contributed by atoms with E-state index in [4.69, 9.17) is 10.5 Å². The Kier molecular flexibility index (Phi) is 12.2. The number of nitrogens with zero attached hydrogens (tertiary/aromatic N) is 2. The first kappa shape index (κ1) is 23.4. The number of piperidine rings is 1. The summed E-state index contributed by atoms with van der Waals surface area (Å²) < 4.78 is 5.63. The van der Waals surface area contributed by atoms with Crippen molar-refractivity contribution in [3.63, 3.8) is 0 Å². The molecule has 1 amide bonds. The summed E-state index contributed by atoms with van der Waals surface area (Å²) in [4.78, 5) is 17.9. The van der Waals surface area contributed by atoms with E-state index in [1.165, 1.54) is 12.8 Å². The number of guanidine groups is 1. The fourth-order valence-electron chi connectivity index (χ4n) is 3.14. The number of amides is 1. The summed E-state index contributed by atoms with van der Waals surface area (Å²) in [5.41, 5.74) is 5.43. The molecule has 1 heterocycles. The van der Waals surface area contributed by atoms with Gasteiger partial charge in [-0.15, -0.1) is 24.0 Å². The van der Waals surface area contributed by atoms with Crippen LogP contribution in [0.4, 0.5) is 0 Å². The summed E-state index contributed by atoms with van der Waals surface area (Å²) in [7, 11) is 1.79. The summed E-state index contributed by atoms with van der Waals surface area (Å²) in [6.07, 6.45) is 6.70. The van der Waals surface area contributed by atoms with E-state index in [1.807, 2.05) is 0 Å². The Bertz CT molecular complexity index is 432. The highest BCUT2D eigenvalue weighted by Gasteiger charge is 2.23. The molecule has 1 aliphatic heterocycles. The van der Waals surface area contributed by atoms with Crippen molar-refractivity contribution in [1.29, 1.82) is 0 Å². The molecule has 152 valence electrons. The van der Waals surface area contributed by atoms with Gasteiger partial charge < -0.3 is 26.0 Å². The number of nitrogens with one attached hydrogen (secondary N) is 2. The zero-order valence-electron chi connectivity index (χ0n) is 16.0. The lowest BCUT2D eigenvalue weighted by Crippen LogP contribution is -2.43. The van der Waals surface area contributed by atoms with Crippen LogP contribution in [0.2, 0.25) is 0 Å². The maximum absolute atomic E-state index is 11.3. The zero-order valence-corrected chi connectivity index (χ0v) is 18.4. The lowest BCUT2D eigenvalue weighted by molar-refractivity contribution is -0.123. The number of likely N-dealkylation sites (tertiary alicyclic amines) is 1. The normalized spacial score (nSPS) is 21.1. The third-order valence-corrected chi connectivity index (χ3v) is 4.88. The van der Waals surface area contributed by atoms with Gasteiger partial charge in [-0.2, -0.15) is 0 Å². The molecule has 2 aliphatic rings. The monoisotopic (exact) mass is 481 g/mol. The predicted octanol–water partition coefficient (Wildman–Crippen LogP) is 1.17. The van der Waals surface area contributed by atoms with Gasteiger partial charge in [0.05, 0.1) is 5.92 Å². The highest BCUT2D eigenvalue weighted by atomic mass is 127. The van der Waals surface area contributed by atoms with Crippen LogP contribution in [0.15, 0.2) is 4.99 Å². The number of ether oxygens (including phenoxy) is 1. The van der Waals surface area contributed by atoms with Crippen molar-refractivity contribution in [2.45, 2.75) is 38.5 Å². The first-order valence-electron chi connectivity index (χ1n) is 9.73. The lowest BCUT2D eigenvalue weighted by atomic mass is 9.97. The number of rotatable bonds is 11. The molecule has 4 N–H and O–H groups in total. The molecule has 1 saturated heterocycles. The first-order valence-corrected chi connectivity index (χ1v) is 9.73. The van der Waals surface area contributed by atoms with E-state index in [0.717, 1.165) is 83.5 Å². The van der Waals surface area contributed by atoms with Crippen LogP contribution in [0.1, 0.15) is 38.5 Å². The van der Waals surface area contributed by atoms with Crippen molar-refractivity contribution in [2.24, 2.45) is 22.6 Å². The molecule has 26 heavy (non-hydrogen) atoms. The molecule has 0 spiro atoms. The second kappa shape index (κ2) is 13.5. The number of halogens is 1. The molecule has 0 bridgehead atoms. The average Bonchev–Trinajstić information content (AvgIpc) is 3.44. The second-order valence-electron chi connectivity index (χ2n) is 7.19. The molecule has 1 saturated carbocycles. The van der Waals surface area contributed by atoms with Crippen LogP contribution in [0.5, 0.6) is 0 Å². The van der Waals surface area contributed by atoms with Crippen LogP contribution in [0.25, 0.3) is 0 Å². The van der Waals surface area contributed by atoms with Crippen LogP contribution in [0, 0.1) is 11.8 Å². The Morgan fingerprint density at radius 3 is 2.62 bits per heavy atom. The van der Waals surface area contributed by atoms with Gasteiger partial charge >= 0.3 is 0 Å². The minimum absolute atomic E-state index is 0. The standard InChI is InChI=1S/C18H35N5O2.HI/c1-20-18(22-9-4-12-25-14-15-6-7-15)21-8-3-11-23-10-2-5-16(13-23)17(19)24;/h15-16H,2-14H2,1H3,(H2,19,24)(H2,20,21,22);1H. The van der Waals surface area contributed by atoms with E-state index in [0.29, 0.717) is 0 Å². The number of primary amides is 1. The van der Waals surface area contributed by atoms with Gasteiger partial charge in [0.1, 0.15) is 0 Å². The molecule has 8 heteroatoms. The zero-order chi connectivity index (χ0) is 17.9. The van der Waals surface area contributed by atoms with E-state index in [-0.39, 0.29) is 35.8 Å². The molecule has 7 nitrogen and oxygen atoms in total. The number of hydrogen-bond donors (Lipinski definition) is 3. The van der Waals surface area contributed by atoms with Crippen LogP contribution >= 0.6 is 24.0 Å². The Balaban J connectivity index is 0.00000338. The topological polar surface area (TPSA) is 92.0 Å². The van der Waals surface area contributed by atoms with E-state index >= 15 is 0 Å². The molecule has 1 atom stereocenters. The molecule has 1 unspecified atom stereocenters. The molecule has 2 fully saturated rings. The van der Waals surface area contributed by atoms with Gasteiger partial charge in [-0.25, -0.2) is 0 Å². The SMILES string of the molecule is CN=C(NCCCOCC1CC1)NCCCN1CCCC(C(N)=O)C1.I. The predicted molar refractivity (Wildman–Crippen MR) is 116 cm³/mol. The van der Waals surface area contributed by atoms with Gasteiger partial charge in [0.2, 0.25) is 5.91 Å². The van der Waals surface area contributed by atoms with E-state index in [9.17, 15) is 4.79 Å². The van der Waals surface area contributed by atoms with Gasteiger partial charge in [-0.3, -0.25) is 9.79 Å². The summed E-state index contributed by atoms with van der Waals surface area (Å²) in [6.45, 7) is 6.35. The Morgan fingerprint density at radius 2 is 1.96 bits per heavy atom. The molecule has 0 aromatic rings. The van der Waals surface area contributed by atoms with Crippen molar-refractivity contribution >= 4 is 35.8 Å². The number of carbonyl (C=O) groups is 1. The number of carbonyl (C=O) groups excluding carboxylic acids is 1. The highest BCUT2D eigenvalue weighted by molar-refractivity contribution is 14.0. The smallest absolute Gasteiger partial charge is 0.221 e. The van der Waals surface area contributed by atoms with Crippen molar-refractivity contribution in [1.82, 2.24) is 15.5 Å². The van der Waals surface area contributed by atoms with Crippen LogP contribution in [0.3, 0.4) is 0 Å². The third kappa shape index (κ3) is 9.91. The fraction of sp³-hybridized carbons (Fsp3) is 0.889. The number of nitrogens with two attached hydrogens (primary N) is 1. The molecule has 0 aromatic heterocycles. The Hall–Kier alpha value is -0.610. The third-order valence-electron chi connectivity index (χ3n) is 4.88. The van der Waals surface area contributed by atoms with Crippen molar-refractivity contribution in [2.75, 3.05) is 53.0 Å². The Morgan fingerprint density at radius 1 is 1.23 bits per heavy atom. The molecule has 1 aliphatic carbocycles. The van der Waals surface area contributed by atoms with Crippen LogP contribution < -0.4 is 16.4 Å². The number of hydrogen-bond acceptors (Lipinski definition) is 4. The maximum atomic E-state index is 11.3. The van der Waals surface area contributed by atoms with E-state index in [1.54, 1.807) is 7.05 Å². The van der Waals surface area contributed by atoms with Crippen LogP contribution in [-0.4, -0.2) is 69.8 Å². The molecular formula is C18H36IN5O2. The minimum atomic E-state index is -0.159. The quantitative estimate of drug-likeness (QED) is 0.178. The average molecular weight is 481 g/mol. The molecule has 2 rings (SSSR count). The largest absolute Gasteiger partial charge is 0.381 e. The highest BCUT2D eigenvalue weighted by Crippen LogP contribution is 2.28. The van der Waals surface area contributed by atoms with Crippen molar-refractivity contribution in [3.8, 4) is 0 Å². The minimum Gasteiger partial charge on any atom is -0.381 e.